The van der Waals surface area contributed by atoms with Gasteiger partial charge in [0, 0.05) is 11.8 Å². The summed E-state index contributed by atoms with van der Waals surface area (Å²) < 4.78 is 5.14. The van der Waals surface area contributed by atoms with Gasteiger partial charge in [0.1, 0.15) is 5.75 Å². The van der Waals surface area contributed by atoms with Crippen molar-refractivity contribution in [2.45, 2.75) is 26.3 Å². The lowest BCUT2D eigenvalue weighted by Crippen LogP contribution is -2.23. The third-order valence-corrected chi connectivity index (χ3v) is 3.10. The lowest BCUT2D eigenvalue weighted by atomic mass is 10.2. The van der Waals surface area contributed by atoms with Crippen LogP contribution in [0.4, 0.5) is 5.69 Å². The van der Waals surface area contributed by atoms with Crippen LogP contribution in [0.15, 0.2) is 29.3 Å². The van der Waals surface area contributed by atoms with Gasteiger partial charge in [-0.25, -0.2) is 4.99 Å². The second-order valence-electron chi connectivity index (χ2n) is 5.08. The van der Waals surface area contributed by atoms with Gasteiger partial charge >= 0.3 is 0 Å². The van der Waals surface area contributed by atoms with Crippen LogP contribution < -0.4 is 15.8 Å². The fourth-order valence-electron chi connectivity index (χ4n) is 1.71. The number of nitrogens with two attached hydrogens (primary N) is 1. The Balaban J connectivity index is 2.00. The molecular weight excluding hydrogens is 214 g/mol. The van der Waals surface area contributed by atoms with Gasteiger partial charge in [0.15, 0.2) is 5.96 Å². The number of rotatable bonds is 3. The number of hydrogen-bond acceptors (Lipinski definition) is 2. The first-order valence-electron chi connectivity index (χ1n) is 5.75. The lowest BCUT2D eigenvalue weighted by Gasteiger charge is -2.07. The van der Waals surface area contributed by atoms with E-state index in [1.807, 2.05) is 24.3 Å². The van der Waals surface area contributed by atoms with Gasteiger partial charge in [-0.15, -0.1) is 0 Å². The first kappa shape index (κ1) is 11.8. The topological polar surface area (TPSA) is 59.6 Å². The minimum atomic E-state index is 0.306. The number of nitrogens with one attached hydrogen (secondary N) is 1. The molecule has 1 aromatic rings. The summed E-state index contributed by atoms with van der Waals surface area (Å²) in [5.74, 6) is 1.27. The van der Waals surface area contributed by atoms with Gasteiger partial charge in [0.25, 0.3) is 0 Å². The molecule has 1 aromatic carbocycles. The van der Waals surface area contributed by atoms with Crippen LogP contribution in [0, 0.1) is 5.41 Å². The highest BCUT2D eigenvalue weighted by Gasteiger charge is 2.45. The number of anilines is 1. The van der Waals surface area contributed by atoms with Gasteiger partial charge in [-0.2, -0.15) is 0 Å². The van der Waals surface area contributed by atoms with Crippen molar-refractivity contribution in [1.29, 1.82) is 0 Å². The Labute approximate surface area is 102 Å². The Kier molecular flexibility index (Phi) is 2.96. The van der Waals surface area contributed by atoms with Crippen molar-refractivity contribution in [3.05, 3.63) is 24.3 Å². The van der Waals surface area contributed by atoms with Crippen LogP contribution in [-0.4, -0.2) is 19.1 Å². The standard InChI is InChI=1S/C13H19N3O/c1-13(2)8-11(13)16-12(14)15-9-5-4-6-10(7-9)17-3/h4-7,11H,8H2,1-3H3,(H3,14,15,16)/t11-/m0/s1. The Bertz CT molecular complexity index is 440. The van der Waals surface area contributed by atoms with Gasteiger partial charge < -0.3 is 15.8 Å². The van der Waals surface area contributed by atoms with Crippen LogP contribution in [0.2, 0.25) is 0 Å². The average Bonchev–Trinajstić information content (AvgIpc) is 2.85. The number of benzene rings is 1. The van der Waals surface area contributed by atoms with Crippen molar-refractivity contribution in [3.8, 4) is 5.75 Å². The van der Waals surface area contributed by atoms with Crippen LogP contribution in [0.5, 0.6) is 5.75 Å². The zero-order chi connectivity index (χ0) is 12.5. The highest BCUT2D eigenvalue weighted by atomic mass is 16.5. The van der Waals surface area contributed by atoms with E-state index in [2.05, 4.69) is 24.2 Å². The van der Waals surface area contributed by atoms with Crippen molar-refractivity contribution < 1.29 is 4.74 Å². The number of aliphatic imine (C=N–C) groups is 1. The maximum atomic E-state index is 5.86. The molecular formula is C13H19N3O. The fourth-order valence-corrected chi connectivity index (χ4v) is 1.71. The number of nitrogens with zero attached hydrogens (tertiary/aromatic N) is 1. The molecule has 1 aliphatic rings. The van der Waals surface area contributed by atoms with Crippen molar-refractivity contribution in [3.63, 3.8) is 0 Å². The van der Waals surface area contributed by atoms with Crippen LogP contribution in [0.1, 0.15) is 20.3 Å². The van der Waals surface area contributed by atoms with Crippen molar-refractivity contribution >= 4 is 11.6 Å². The molecule has 0 unspecified atom stereocenters. The maximum Gasteiger partial charge on any atom is 0.193 e. The molecule has 0 saturated heterocycles. The molecule has 0 radical (unpaired) electrons. The summed E-state index contributed by atoms with van der Waals surface area (Å²) in [5, 5.41) is 3.07. The second-order valence-corrected chi connectivity index (χ2v) is 5.08. The van der Waals surface area contributed by atoms with Gasteiger partial charge in [-0.1, -0.05) is 19.9 Å². The zero-order valence-electron chi connectivity index (χ0n) is 10.5. The minimum absolute atomic E-state index is 0.306. The average molecular weight is 233 g/mol. The largest absolute Gasteiger partial charge is 0.497 e. The van der Waals surface area contributed by atoms with Crippen LogP contribution >= 0.6 is 0 Å². The molecule has 2 rings (SSSR count). The minimum Gasteiger partial charge on any atom is -0.497 e. The summed E-state index contributed by atoms with van der Waals surface area (Å²) >= 11 is 0. The van der Waals surface area contributed by atoms with Crippen LogP contribution in [0.3, 0.4) is 0 Å². The van der Waals surface area contributed by atoms with E-state index in [-0.39, 0.29) is 0 Å². The summed E-state index contributed by atoms with van der Waals surface area (Å²) in [6.07, 6.45) is 1.10. The van der Waals surface area contributed by atoms with E-state index >= 15 is 0 Å². The summed E-state index contributed by atoms with van der Waals surface area (Å²) in [6, 6.07) is 7.97. The predicted molar refractivity (Wildman–Crippen MR) is 70.4 cm³/mol. The van der Waals surface area contributed by atoms with E-state index in [0.29, 0.717) is 17.4 Å². The van der Waals surface area contributed by atoms with Gasteiger partial charge in [0.2, 0.25) is 0 Å². The van der Waals surface area contributed by atoms with E-state index in [0.717, 1.165) is 17.9 Å². The molecule has 0 bridgehead atoms. The molecule has 4 heteroatoms. The molecule has 1 saturated carbocycles. The zero-order valence-corrected chi connectivity index (χ0v) is 10.5. The summed E-state index contributed by atoms with van der Waals surface area (Å²) in [4.78, 5) is 4.43. The fraction of sp³-hybridized carbons (Fsp3) is 0.462. The van der Waals surface area contributed by atoms with Gasteiger partial charge in [0.05, 0.1) is 13.2 Å². The third-order valence-electron chi connectivity index (χ3n) is 3.10. The van der Waals surface area contributed by atoms with Gasteiger partial charge in [-0.05, 0) is 24.0 Å². The Morgan fingerprint density at radius 2 is 2.24 bits per heavy atom. The van der Waals surface area contributed by atoms with Crippen LogP contribution in [-0.2, 0) is 0 Å². The Morgan fingerprint density at radius 1 is 1.53 bits per heavy atom. The molecule has 3 N–H and O–H groups in total. The first-order chi connectivity index (χ1) is 8.01. The lowest BCUT2D eigenvalue weighted by molar-refractivity contribution is 0.415. The van der Waals surface area contributed by atoms with Crippen molar-refractivity contribution in [2.24, 2.45) is 16.1 Å². The quantitative estimate of drug-likeness (QED) is 0.621. The smallest absolute Gasteiger partial charge is 0.193 e. The highest BCUT2D eigenvalue weighted by Crippen LogP contribution is 2.47. The third kappa shape index (κ3) is 2.90. The normalized spacial score (nSPS) is 22.1. The van der Waals surface area contributed by atoms with E-state index in [4.69, 9.17) is 10.5 Å². The maximum absolute atomic E-state index is 5.86. The molecule has 1 fully saturated rings. The summed E-state index contributed by atoms with van der Waals surface area (Å²) in [5.41, 5.74) is 7.06. The molecule has 4 nitrogen and oxygen atoms in total. The molecule has 92 valence electrons. The van der Waals surface area contributed by atoms with Crippen molar-refractivity contribution in [1.82, 2.24) is 0 Å². The second kappa shape index (κ2) is 4.28. The molecule has 1 atom stereocenters. The van der Waals surface area contributed by atoms with Crippen LogP contribution in [0.25, 0.3) is 0 Å². The Hall–Kier alpha value is -1.71. The molecule has 17 heavy (non-hydrogen) atoms. The number of methoxy groups -OCH3 is 1. The molecule has 0 spiro atoms. The van der Waals surface area contributed by atoms with Crippen molar-refractivity contribution in [2.75, 3.05) is 12.4 Å². The first-order valence-corrected chi connectivity index (χ1v) is 5.75. The van der Waals surface area contributed by atoms with E-state index < -0.39 is 0 Å². The van der Waals surface area contributed by atoms with Gasteiger partial charge in [-0.3, -0.25) is 0 Å². The van der Waals surface area contributed by atoms with E-state index in [9.17, 15) is 0 Å². The molecule has 0 heterocycles. The van der Waals surface area contributed by atoms with E-state index in [1.165, 1.54) is 0 Å². The molecule has 0 aromatic heterocycles. The summed E-state index contributed by atoms with van der Waals surface area (Å²) in [6.45, 7) is 4.39. The SMILES string of the molecule is COc1cccc(NC(N)=N[C@H]2CC2(C)C)c1. The highest BCUT2D eigenvalue weighted by molar-refractivity contribution is 5.92. The molecule has 0 amide bonds. The predicted octanol–water partition coefficient (Wildman–Crippen LogP) is 2.22. The number of hydrogen-bond donors (Lipinski definition) is 2. The number of ether oxygens (including phenoxy) is 1. The monoisotopic (exact) mass is 233 g/mol. The molecule has 1 aliphatic carbocycles. The number of guanidine groups is 1. The Morgan fingerprint density at radius 3 is 2.82 bits per heavy atom. The van der Waals surface area contributed by atoms with E-state index in [1.54, 1.807) is 7.11 Å². The molecule has 0 aliphatic heterocycles. The summed E-state index contributed by atoms with van der Waals surface area (Å²) in [7, 11) is 1.64.